The van der Waals surface area contributed by atoms with Crippen molar-refractivity contribution in [3.63, 3.8) is 0 Å². The molecule has 1 saturated heterocycles. The highest BCUT2D eigenvalue weighted by Crippen LogP contribution is 2.35. The Hall–Kier alpha value is -11.0. The number of thioether (sulfide) groups is 1. The highest BCUT2D eigenvalue weighted by Gasteiger charge is 2.47. The van der Waals surface area contributed by atoms with Gasteiger partial charge in [-0.25, -0.2) is 14.4 Å². The molecule has 2 bridgehead atoms. The van der Waals surface area contributed by atoms with E-state index in [0.29, 0.717) is 58.4 Å². The summed E-state index contributed by atoms with van der Waals surface area (Å²) >= 11 is 1.06. The average Bonchev–Trinajstić information content (AvgIpc) is 1.64. The summed E-state index contributed by atoms with van der Waals surface area (Å²) in [4.78, 5) is 240. The number of nitrogens with zero attached hydrogens (tertiary/aromatic N) is 4. The van der Waals surface area contributed by atoms with Crippen LogP contribution < -0.4 is 59.3 Å². The smallest absolute Gasteiger partial charge is 0.409 e. The molecule has 15 N–H and O–H groups in total. The van der Waals surface area contributed by atoms with Gasteiger partial charge in [0.05, 0.1) is 48.8 Å². The first kappa shape index (κ1) is 88.2. The predicted molar refractivity (Wildman–Crippen MR) is 406 cm³/mol. The number of benzene rings is 2. The van der Waals surface area contributed by atoms with Crippen LogP contribution in [-0.2, 0) is 89.6 Å². The molecule has 4 aliphatic rings. The number of aliphatic hydroxyl groups excluding tert-OH is 1. The number of H-pyrrole nitrogens is 1. The molecule has 610 valence electrons. The Balaban J connectivity index is 1.02. The molecule has 0 aliphatic carbocycles. The van der Waals surface area contributed by atoms with Crippen molar-refractivity contribution in [1.82, 2.24) is 67.1 Å². The van der Waals surface area contributed by atoms with E-state index in [1.165, 1.54) is 57.1 Å². The number of aliphatic hydroxyl groups is 1. The number of rotatable bonds is 28. The molecule has 7 rings (SSSR count). The molecule has 4 aliphatic heterocycles. The number of Topliss-reactive ketones (excluding diaryl/α,β-unsaturated/α-hetero) is 2. The van der Waals surface area contributed by atoms with Gasteiger partial charge in [0, 0.05) is 119 Å². The predicted octanol–water partition coefficient (Wildman–Crippen LogP) is 0.410. The number of aromatic amines is 1. The van der Waals surface area contributed by atoms with Crippen molar-refractivity contribution in [3.8, 4) is 0 Å². The zero-order valence-corrected chi connectivity index (χ0v) is 65.0. The van der Waals surface area contributed by atoms with Gasteiger partial charge >= 0.3 is 18.2 Å². The molecule has 1 aromatic heterocycles. The van der Waals surface area contributed by atoms with E-state index in [9.17, 15) is 72.2 Å². The minimum absolute atomic E-state index is 0.0455. The third-order valence-electron chi connectivity index (χ3n) is 20.1. The normalized spacial score (nSPS) is 21.6. The lowest BCUT2D eigenvalue weighted by Crippen LogP contribution is -2.56. The van der Waals surface area contributed by atoms with Crippen LogP contribution in [0.4, 0.5) is 20.1 Å². The first-order valence-corrected chi connectivity index (χ1v) is 38.5. The van der Waals surface area contributed by atoms with Gasteiger partial charge in [-0.2, -0.15) is 0 Å². The van der Waals surface area contributed by atoms with Crippen molar-refractivity contribution in [3.05, 3.63) is 71.8 Å². The van der Waals surface area contributed by atoms with Crippen LogP contribution in [0.25, 0.3) is 10.9 Å². The van der Waals surface area contributed by atoms with E-state index in [1.54, 1.807) is 64.1 Å². The van der Waals surface area contributed by atoms with Gasteiger partial charge < -0.3 is 93.6 Å². The number of amides is 16. The first-order valence-electron chi connectivity index (χ1n) is 37.5. The van der Waals surface area contributed by atoms with Crippen LogP contribution in [0.5, 0.6) is 0 Å². The SMILES string of the molecule is CC[C@H](C)[C@@H]1NC(=O)CNC(=O)[C@H]2CC(=O)[C@H]([C@@H](C)[C@H](C)O)NC(=O)C3C[C@@H](OC(=O)N(C)CCN(C)C(=O)OCc4ccc(NC(=O)[C@H](CCCNC(N)=O)NC(=O)[C@@H](NC(=O)CCCCCN5C(=O)C=CC5=O)C(C)C)cc4)CN3C(=O)[C@H](CC(N)=O)CC(=O)[C@H](CSc3[nH]c4ccccc4c3C2)NC(=O)CNC1=O. The number of para-hydroxylation sites is 1. The quantitative estimate of drug-likeness (QED) is 0.0346. The van der Waals surface area contributed by atoms with E-state index < -0.39 is 224 Å². The third-order valence-corrected chi connectivity index (χ3v) is 21.3. The fraction of sp³-hybridized carbons (Fsp3) is 0.560. The van der Waals surface area contributed by atoms with Crippen molar-refractivity contribution in [2.24, 2.45) is 41.1 Å². The van der Waals surface area contributed by atoms with E-state index in [0.717, 1.165) is 26.5 Å². The van der Waals surface area contributed by atoms with Crippen LogP contribution in [0.3, 0.4) is 0 Å². The topological polar surface area (TPSA) is 518 Å². The molecule has 0 spiro atoms. The number of carbonyl (C=O) groups excluding carboxylic acids is 17. The van der Waals surface area contributed by atoms with E-state index in [-0.39, 0.29) is 64.2 Å². The second kappa shape index (κ2) is 41.9. The zero-order chi connectivity index (χ0) is 82.2. The number of likely N-dealkylation sites (N-methyl/N-ethyl adjacent to an activating group) is 2. The Bertz CT molecular complexity index is 4000. The largest absolute Gasteiger partial charge is 0.445 e. The summed E-state index contributed by atoms with van der Waals surface area (Å²) in [7, 11) is 2.75. The van der Waals surface area contributed by atoms with Gasteiger partial charge in [0.15, 0.2) is 11.6 Å². The number of hydrogen-bond acceptors (Lipinski definition) is 21. The molecule has 1 fully saturated rings. The zero-order valence-electron chi connectivity index (χ0n) is 64.2. The maximum Gasteiger partial charge on any atom is 0.409 e. The number of imide groups is 1. The highest BCUT2D eigenvalue weighted by atomic mass is 32.2. The van der Waals surface area contributed by atoms with Crippen molar-refractivity contribution in [2.75, 3.05) is 71.0 Å². The maximum atomic E-state index is 15.2. The standard InChI is InChI=1S/C75H104N16O20S/c1-9-41(4)64-69(104)80-35-59(97)82-53-39-112-71-50(49-16-12-13-17-51(49)84-71)30-45(66(101)79-36-60(98)86-64)31-56(94)65(42(5)43(6)92)87-68(103)54-34-48(37-91(54)72(106)46(32-55(53)93)33-57(76)95)111-75(109)89(8)29-28-88(7)74(108)110-38-44-20-22-47(23-21-44)81-67(102)52(18-15-26-78-73(77)107)83-70(105)63(40(2)3)85-58(96)19-11-10-14-27-90-61(99)24-25-62(90)100/h12-13,16-17,20-25,40-43,45-46,48,52-54,63-65,84,92H,9-11,14-15,18-19,26-39H2,1-8H3,(H2,76,95)(H,79,101)(H,80,104)(H,81,102)(H,82,97)(H,83,105)(H,85,96)(H,86,98)(H,87,103)(H3,77,78,107)/t41-,42-,43-,45+,46-,48+,52-,53-,54?,63-,64-,65-/m0/s1. The van der Waals surface area contributed by atoms with Gasteiger partial charge in [-0.3, -0.25) is 72.0 Å². The summed E-state index contributed by atoms with van der Waals surface area (Å²) < 4.78 is 11.5. The molecule has 36 nitrogen and oxygen atoms in total. The molecule has 3 aromatic rings. The number of urea groups is 1. The average molecular weight is 1580 g/mol. The number of nitrogens with one attached hydrogen (secondary N) is 10. The van der Waals surface area contributed by atoms with Crippen molar-refractivity contribution < 1.29 is 96.1 Å². The summed E-state index contributed by atoms with van der Waals surface area (Å²) in [5, 5.41) is 35.9. The van der Waals surface area contributed by atoms with Gasteiger partial charge in [-0.1, -0.05) is 77.8 Å². The van der Waals surface area contributed by atoms with Crippen LogP contribution in [0.15, 0.2) is 65.7 Å². The summed E-state index contributed by atoms with van der Waals surface area (Å²) in [6.07, 6.45) is -2.58. The van der Waals surface area contributed by atoms with Gasteiger partial charge in [0.2, 0.25) is 59.1 Å². The number of fused-ring (bicyclic) bond motifs is 5. The Morgan fingerprint density at radius 2 is 1.38 bits per heavy atom. The molecule has 2 aromatic carbocycles. The van der Waals surface area contributed by atoms with Crippen molar-refractivity contribution in [2.45, 2.75) is 179 Å². The number of carbonyl (C=O) groups is 17. The molecule has 16 amide bonds. The van der Waals surface area contributed by atoms with Crippen LogP contribution in [0, 0.1) is 29.6 Å². The van der Waals surface area contributed by atoms with Crippen LogP contribution in [0.1, 0.15) is 123 Å². The Labute approximate surface area is 651 Å². The molecule has 0 radical (unpaired) electrons. The lowest BCUT2D eigenvalue weighted by Gasteiger charge is -2.32. The number of nitrogens with two attached hydrogens (primary N) is 2. The Morgan fingerprint density at radius 1 is 0.723 bits per heavy atom. The van der Waals surface area contributed by atoms with Crippen molar-refractivity contribution in [1.29, 1.82) is 0 Å². The fourth-order valence-corrected chi connectivity index (χ4v) is 14.3. The monoisotopic (exact) mass is 1580 g/mol. The summed E-state index contributed by atoms with van der Waals surface area (Å²) in [6, 6.07) is 4.40. The molecule has 1 unspecified atom stereocenters. The molecule has 37 heteroatoms. The lowest BCUT2D eigenvalue weighted by molar-refractivity contribution is -0.145. The van der Waals surface area contributed by atoms with Crippen LogP contribution >= 0.6 is 11.8 Å². The summed E-state index contributed by atoms with van der Waals surface area (Å²) in [6.45, 7) is 7.65. The lowest BCUT2D eigenvalue weighted by atomic mass is 9.86. The fourth-order valence-electron chi connectivity index (χ4n) is 13.1. The maximum absolute atomic E-state index is 15.2. The Kier molecular flexibility index (Phi) is 33.0. The number of aromatic nitrogens is 1. The van der Waals surface area contributed by atoms with Crippen LogP contribution in [-0.4, -0.2) is 244 Å². The number of unbranched alkanes of at least 4 members (excludes halogenated alkanes) is 2. The first-order chi connectivity index (χ1) is 53.1. The highest BCUT2D eigenvalue weighted by molar-refractivity contribution is 7.99. The minimum Gasteiger partial charge on any atom is -0.445 e. The molecule has 0 saturated carbocycles. The van der Waals surface area contributed by atoms with Crippen LogP contribution in [0.2, 0.25) is 0 Å². The number of primary amides is 2. The molecule has 12 atom stereocenters. The van der Waals surface area contributed by atoms with Gasteiger partial charge in [-0.05, 0) is 80.2 Å². The van der Waals surface area contributed by atoms with Crippen molar-refractivity contribution >= 4 is 129 Å². The second-order valence-electron chi connectivity index (χ2n) is 29.1. The number of ketones is 2. The summed E-state index contributed by atoms with van der Waals surface area (Å²) in [5.41, 5.74) is 12.9. The number of anilines is 1. The molecule has 112 heavy (non-hydrogen) atoms. The summed E-state index contributed by atoms with van der Waals surface area (Å²) in [5.74, 6) is -15.3. The molecule has 5 heterocycles. The minimum atomic E-state index is -1.61. The van der Waals surface area contributed by atoms with Gasteiger partial charge in [0.1, 0.15) is 36.9 Å². The van der Waals surface area contributed by atoms with E-state index in [4.69, 9.17) is 20.9 Å². The second-order valence-corrected chi connectivity index (χ2v) is 30.1. The van der Waals surface area contributed by atoms with E-state index in [1.807, 2.05) is 0 Å². The third kappa shape index (κ3) is 25.5. The Morgan fingerprint density at radius 3 is 2.04 bits per heavy atom. The molecular formula is C75H104N16O20S. The van der Waals surface area contributed by atoms with E-state index in [2.05, 4.69) is 52.8 Å². The number of ether oxygens (including phenoxy) is 2. The number of hydrogen-bond donors (Lipinski definition) is 13. The molecular weight excluding hydrogens is 1480 g/mol. The van der Waals surface area contributed by atoms with Gasteiger partial charge in [-0.15, -0.1) is 11.8 Å². The van der Waals surface area contributed by atoms with Gasteiger partial charge in [0.25, 0.3) is 11.8 Å². The van der Waals surface area contributed by atoms with E-state index >= 15 is 14.4 Å².